The SMILES string of the molecule is O=c1ccn(Cc2ccccn2)c2c(OC(F)F)c(F)c(F)cc12. The lowest BCUT2D eigenvalue weighted by Gasteiger charge is -2.15. The molecule has 0 fully saturated rings. The first-order valence-corrected chi connectivity index (χ1v) is 6.83. The number of halogens is 4. The van der Waals surface area contributed by atoms with Crippen molar-refractivity contribution >= 4 is 10.9 Å². The zero-order valence-electron chi connectivity index (χ0n) is 12.0. The number of ether oxygens (including phenoxy) is 1. The summed E-state index contributed by atoms with van der Waals surface area (Å²) in [4.78, 5) is 16.0. The maximum atomic E-state index is 14.0. The first-order valence-electron chi connectivity index (χ1n) is 6.83. The molecule has 4 nitrogen and oxygen atoms in total. The second kappa shape index (κ2) is 6.31. The quantitative estimate of drug-likeness (QED) is 0.686. The van der Waals surface area contributed by atoms with Crippen LogP contribution < -0.4 is 10.2 Å². The molecule has 0 radical (unpaired) electrons. The van der Waals surface area contributed by atoms with Gasteiger partial charge in [0.1, 0.15) is 0 Å². The predicted octanol–water partition coefficient (Wildman–Crippen LogP) is 3.32. The van der Waals surface area contributed by atoms with Crippen LogP contribution in [-0.2, 0) is 6.54 Å². The number of rotatable bonds is 4. The van der Waals surface area contributed by atoms with Crippen LogP contribution in [0.5, 0.6) is 5.75 Å². The van der Waals surface area contributed by atoms with Gasteiger partial charge in [0.25, 0.3) is 0 Å². The predicted molar refractivity (Wildman–Crippen MR) is 78.1 cm³/mol. The third kappa shape index (κ3) is 2.94. The van der Waals surface area contributed by atoms with Gasteiger partial charge in [-0.3, -0.25) is 9.78 Å². The molecule has 2 aromatic heterocycles. The summed E-state index contributed by atoms with van der Waals surface area (Å²) >= 11 is 0. The normalized spacial score (nSPS) is 11.2. The summed E-state index contributed by atoms with van der Waals surface area (Å²) < 4.78 is 58.3. The van der Waals surface area contributed by atoms with Crippen molar-refractivity contribution in [3.63, 3.8) is 0 Å². The summed E-state index contributed by atoms with van der Waals surface area (Å²) in [7, 11) is 0. The van der Waals surface area contributed by atoms with E-state index in [4.69, 9.17) is 0 Å². The summed E-state index contributed by atoms with van der Waals surface area (Å²) in [6, 6.07) is 6.86. The highest BCUT2D eigenvalue weighted by Crippen LogP contribution is 2.31. The van der Waals surface area contributed by atoms with Gasteiger partial charge in [-0.2, -0.15) is 13.2 Å². The molecule has 124 valence electrons. The molecule has 3 rings (SSSR count). The zero-order chi connectivity index (χ0) is 17.3. The monoisotopic (exact) mass is 338 g/mol. The number of alkyl halides is 2. The first kappa shape index (κ1) is 16.0. The van der Waals surface area contributed by atoms with Crippen LogP contribution in [0, 0.1) is 11.6 Å². The summed E-state index contributed by atoms with van der Waals surface area (Å²) in [6.45, 7) is -3.31. The van der Waals surface area contributed by atoms with Crippen LogP contribution in [0.15, 0.2) is 47.5 Å². The van der Waals surface area contributed by atoms with E-state index in [1.807, 2.05) is 0 Å². The Morgan fingerprint density at radius 3 is 2.67 bits per heavy atom. The van der Waals surface area contributed by atoms with Crippen LogP contribution >= 0.6 is 0 Å². The molecule has 0 bridgehead atoms. The lowest BCUT2D eigenvalue weighted by Crippen LogP contribution is -2.14. The van der Waals surface area contributed by atoms with E-state index in [0.717, 1.165) is 6.07 Å². The van der Waals surface area contributed by atoms with E-state index in [-0.39, 0.29) is 17.4 Å². The van der Waals surface area contributed by atoms with Gasteiger partial charge in [0.15, 0.2) is 17.0 Å². The molecular formula is C16H10F4N2O2. The maximum Gasteiger partial charge on any atom is 0.387 e. The standard InChI is InChI=1S/C16H10F4N2O2/c17-11-7-10-12(23)4-6-22(8-9-3-1-2-5-21-9)14(10)15(13(11)18)24-16(19)20/h1-7,16H,8H2. The topological polar surface area (TPSA) is 44.1 Å². The maximum absolute atomic E-state index is 14.0. The number of hydrogen-bond acceptors (Lipinski definition) is 3. The highest BCUT2D eigenvalue weighted by Gasteiger charge is 2.22. The Bertz CT molecular complexity index is 942. The van der Waals surface area contributed by atoms with Gasteiger partial charge in [-0.1, -0.05) is 6.07 Å². The number of aromatic nitrogens is 2. The minimum Gasteiger partial charge on any atom is -0.429 e. The summed E-state index contributed by atoms with van der Waals surface area (Å²) in [6.07, 6.45) is 2.81. The average molecular weight is 338 g/mol. The van der Waals surface area contributed by atoms with E-state index < -0.39 is 29.4 Å². The Hall–Kier alpha value is -2.90. The third-order valence-corrected chi connectivity index (χ3v) is 3.37. The fraction of sp³-hybridized carbons (Fsp3) is 0.125. The number of fused-ring (bicyclic) bond motifs is 1. The Kier molecular flexibility index (Phi) is 4.20. The van der Waals surface area contributed by atoms with Crippen LogP contribution in [0.3, 0.4) is 0 Å². The molecule has 8 heteroatoms. The molecule has 0 amide bonds. The van der Waals surface area contributed by atoms with Crippen LogP contribution in [0.25, 0.3) is 10.9 Å². The fourth-order valence-corrected chi connectivity index (χ4v) is 2.38. The smallest absolute Gasteiger partial charge is 0.387 e. The van der Waals surface area contributed by atoms with Gasteiger partial charge in [0.2, 0.25) is 5.82 Å². The van der Waals surface area contributed by atoms with Gasteiger partial charge >= 0.3 is 6.61 Å². The molecule has 3 aromatic rings. The van der Waals surface area contributed by atoms with Gasteiger partial charge in [-0.15, -0.1) is 0 Å². The number of hydrogen-bond donors (Lipinski definition) is 0. The largest absolute Gasteiger partial charge is 0.429 e. The average Bonchev–Trinajstić information content (AvgIpc) is 2.55. The van der Waals surface area contributed by atoms with Crippen molar-refractivity contribution < 1.29 is 22.3 Å². The molecule has 2 heterocycles. The van der Waals surface area contributed by atoms with E-state index in [9.17, 15) is 22.4 Å². The van der Waals surface area contributed by atoms with Crippen molar-refractivity contribution in [1.82, 2.24) is 9.55 Å². The minimum atomic E-state index is -3.37. The van der Waals surface area contributed by atoms with Crippen LogP contribution in [0.1, 0.15) is 5.69 Å². The van der Waals surface area contributed by atoms with Gasteiger partial charge in [-0.25, -0.2) is 4.39 Å². The summed E-state index contributed by atoms with van der Waals surface area (Å²) in [5, 5.41) is -0.261. The van der Waals surface area contributed by atoms with Crippen molar-refractivity contribution in [2.45, 2.75) is 13.2 Å². The number of benzene rings is 1. The van der Waals surface area contributed by atoms with Gasteiger partial charge in [-0.05, 0) is 18.2 Å². The van der Waals surface area contributed by atoms with Crippen molar-refractivity contribution in [2.75, 3.05) is 0 Å². The fourth-order valence-electron chi connectivity index (χ4n) is 2.38. The molecule has 24 heavy (non-hydrogen) atoms. The van der Waals surface area contributed by atoms with Gasteiger partial charge < -0.3 is 9.30 Å². The minimum absolute atomic E-state index is 0.0578. The van der Waals surface area contributed by atoms with Crippen molar-refractivity contribution in [2.24, 2.45) is 0 Å². The Morgan fingerprint density at radius 2 is 2.00 bits per heavy atom. The van der Waals surface area contributed by atoms with E-state index in [1.54, 1.807) is 18.2 Å². The molecule has 0 aliphatic carbocycles. The molecule has 0 saturated heterocycles. The second-order valence-corrected chi connectivity index (χ2v) is 4.91. The Balaban J connectivity index is 2.28. The summed E-state index contributed by atoms with van der Waals surface area (Å²) in [5.74, 6) is -4.03. The van der Waals surface area contributed by atoms with Crippen molar-refractivity contribution in [3.8, 4) is 5.75 Å². The molecule has 1 aromatic carbocycles. The van der Waals surface area contributed by atoms with Crippen molar-refractivity contribution in [1.29, 1.82) is 0 Å². The van der Waals surface area contributed by atoms with Crippen molar-refractivity contribution in [3.05, 3.63) is 70.3 Å². The molecule has 0 saturated carbocycles. The Labute approximate surface area is 132 Å². The zero-order valence-corrected chi connectivity index (χ0v) is 12.0. The second-order valence-electron chi connectivity index (χ2n) is 4.91. The molecule has 0 atom stereocenters. The highest BCUT2D eigenvalue weighted by atomic mass is 19.3. The summed E-state index contributed by atoms with van der Waals surface area (Å²) in [5.41, 5.74) is -0.359. The van der Waals surface area contributed by atoms with Crippen LogP contribution in [-0.4, -0.2) is 16.2 Å². The van der Waals surface area contributed by atoms with E-state index >= 15 is 0 Å². The number of nitrogens with zero attached hydrogens (tertiary/aromatic N) is 2. The molecule has 0 unspecified atom stereocenters. The van der Waals surface area contributed by atoms with E-state index in [2.05, 4.69) is 9.72 Å². The first-order chi connectivity index (χ1) is 11.5. The van der Waals surface area contributed by atoms with Gasteiger partial charge in [0.05, 0.1) is 23.1 Å². The Morgan fingerprint density at radius 1 is 1.21 bits per heavy atom. The van der Waals surface area contributed by atoms with Crippen LogP contribution in [0.2, 0.25) is 0 Å². The molecule has 0 spiro atoms. The molecule has 0 aliphatic rings. The van der Waals surface area contributed by atoms with E-state index in [0.29, 0.717) is 11.8 Å². The van der Waals surface area contributed by atoms with E-state index in [1.165, 1.54) is 17.0 Å². The molecule has 0 aliphatic heterocycles. The lowest BCUT2D eigenvalue weighted by atomic mass is 10.1. The van der Waals surface area contributed by atoms with Crippen LogP contribution in [0.4, 0.5) is 17.6 Å². The number of pyridine rings is 2. The molecule has 0 N–H and O–H groups in total. The lowest BCUT2D eigenvalue weighted by molar-refractivity contribution is -0.0516. The molecular weight excluding hydrogens is 328 g/mol. The van der Waals surface area contributed by atoms with Gasteiger partial charge in [0, 0.05) is 18.5 Å². The third-order valence-electron chi connectivity index (χ3n) is 3.37. The highest BCUT2D eigenvalue weighted by molar-refractivity contribution is 5.85.